The number of aliphatic hydroxyl groups is 2. The van der Waals surface area contributed by atoms with E-state index in [0.717, 1.165) is 22.6 Å². The van der Waals surface area contributed by atoms with Crippen molar-refractivity contribution in [3.63, 3.8) is 0 Å². The van der Waals surface area contributed by atoms with Gasteiger partial charge in [-0.25, -0.2) is 0 Å². The van der Waals surface area contributed by atoms with Crippen LogP contribution < -0.4 is 9.47 Å². The van der Waals surface area contributed by atoms with E-state index in [1.807, 2.05) is 38.1 Å². The Bertz CT molecular complexity index is 774. The summed E-state index contributed by atoms with van der Waals surface area (Å²) in [6.45, 7) is 9.29. The highest BCUT2D eigenvalue weighted by Gasteiger charge is 2.23. The number of alkyl halides is 2. The Hall–Kier alpha value is -1.54. The highest BCUT2D eigenvalue weighted by Crippen LogP contribution is 2.33. The summed E-state index contributed by atoms with van der Waals surface area (Å²) >= 11 is 11.2. The van der Waals surface area contributed by atoms with Gasteiger partial charge in [-0.3, -0.25) is 0 Å². The maximum absolute atomic E-state index is 9.48. The van der Waals surface area contributed by atoms with Gasteiger partial charge in [0, 0.05) is 5.41 Å². The summed E-state index contributed by atoms with van der Waals surface area (Å²) in [5.41, 5.74) is 2.11. The molecule has 0 aromatic heterocycles. The Morgan fingerprint density at radius 1 is 0.657 bits per heavy atom. The predicted octanol–water partition coefficient (Wildman–Crippen LogP) is 4.78. The average Bonchev–Trinajstić information content (AvgIpc) is 2.88. The zero-order chi connectivity index (χ0) is 25.8. The van der Waals surface area contributed by atoms with Gasteiger partial charge in [-0.1, -0.05) is 38.1 Å². The molecule has 2 N–H and O–H groups in total. The third-order valence-electron chi connectivity index (χ3n) is 5.62. The molecule has 0 heterocycles. The Kier molecular flexibility index (Phi) is 12.6. The lowest BCUT2D eigenvalue weighted by atomic mass is 9.78. The molecule has 8 heteroatoms. The minimum atomic E-state index is -0.667. The maximum atomic E-state index is 9.48. The van der Waals surface area contributed by atoms with Crippen molar-refractivity contribution < 1.29 is 29.2 Å². The van der Waals surface area contributed by atoms with Crippen molar-refractivity contribution in [3.8, 4) is 11.5 Å². The van der Waals surface area contributed by atoms with E-state index in [4.69, 9.17) is 42.1 Å². The quantitative estimate of drug-likeness (QED) is 0.305. The molecule has 0 aliphatic rings. The number of aliphatic hydroxyl groups excluding tert-OH is 2. The van der Waals surface area contributed by atoms with Crippen LogP contribution in [-0.4, -0.2) is 72.8 Å². The van der Waals surface area contributed by atoms with Gasteiger partial charge in [0.2, 0.25) is 0 Å². The average molecular weight is 530 g/mol. The van der Waals surface area contributed by atoms with Crippen LogP contribution in [0.25, 0.3) is 0 Å². The van der Waals surface area contributed by atoms with Gasteiger partial charge in [-0.2, -0.15) is 0 Å². The van der Waals surface area contributed by atoms with Gasteiger partial charge >= 0.3 is 0 Å². The summed E-state index contributed by atoms with van der Waals surface area (Å²) < 4.78 is 22.7. The number of benzene rings is 2. The highest BCUT2D eigenvalue weighted by molar-refractivity contribution is 6.18. The van der Waals surface area contributed by atoms with Gasteiger partial charge in [0.1, 0.15) is 24.7 Å². The second-order valence-corrected chi connectivity index (χ2v) is 9.82. The van der Waals surface area contributed by atoms with Crippen LogP contribution in [0.15, 0.2) is 48.5 Å². The third kappa shape index (κ3) is 10.2. The van der Waals surface area contributed by atoms with E-state index >= 15 is 0 Å². The largest absolute Gasteiger partial charge is 0.491 e. The standard InChI is InChI=1S/C27H38Cl2O6/c1-19(32-17-23(30)13-28)15-34-25-9-5-21(6-10-25)27(3,4)22-7-11-26(12-8-22)35-16-20(2)33-18-24(31)14-29/h5-12,19-20,23-24,30-31H,13-18H2,1-4H3. The number of hydrogen-bond donors (Lipinski definition) is 2. The minimum Gasteiger partial charge on any atom is -0.491 e. The molecular weight excluding hydrogens is 491 g/mol. The van der Waals surface area contributed by atoms with Crippen LogP contribution in [0.3, 0.4) is 0 Å². The van der Waals surface area contributed by atoms with Gasteiger partial charge in [-0.05, 0) is 49.2 Å². The van der Waals surface area contributed by atoms with Crippen molar-refractivity contribution in [2.75, 3.05) is 38.2 Å². The predicted molar refractivity (Wildman–Crippen MR) is 140 cm³/mol. The molecular formula is C27H38Cl2O6. The first-order valence-electron chi connectivity index (χ1n) is 11.8. The SMILES string of the molecule is CC(COc1ccc(C(C)(C)c2ccc(OCC(C)OCC(O)CCl)cc2)cc1)OCC(O)CCl. The molecule has 2 aromatic carbocycles. The molecule has 0 fully saturated rings. The Morgan fingerprint density at radius 2 is 1.00 bits per heavy atom. The molecule has 0 spiro atoms. The molecule has 0 saturated carbocycles. The molecule has 0 saturated heterocycles. The molecule has 0 aliphatic heterocycles. The zero-order valence-corrected chi connectivity index (χ0v) is 22.5. The summed E-state index contributed by atoms with van der Waals surface area (Å²) in [5.74, 6) is 1.82. The second kappa shape index (κ2) is 14.9. The fraction of sp³-hybridized carbons (Fsp3) is 0.556. The fourth-order valence-electron chi connectivity index (χ4n) is 3.27. The van der Waals surface area contributed by atoms with E-state index in [1.54, 1.807) is 0 Å². The number of ether oxygens (including phenoxy) is 4. The monoisotopic (exact) mass is 528 g/mol. The van der Waals surface area contributed by atoms with E-state index in [2.05, 4.69) is 38.1 Å². The lowest BCUT2D eigenvalue weighted by molar-refractivity contribution is -0.0122. The molecule has 2 rings (SSSR count). The smallest absolute Gasteiger partial charge is 0.119 e. The summed E-state index contributed by atoms with van der Waals surface area (Å²) in [6, 6.07) is 16.1. The van der Waals surface area contributed by atoms with Gasteiger partial charge < -0.3 is 29.2 Å². The lowest BCUT2D eigenvalue weighted by Gasteiger charge is -2.26. The zero-order valence-electron chi connectivity index (χ0n) is 21.0. The first kappa shape index (κ1) is 29.7. The number of rotatable bonds is 16. The Labute approximate surface area is 219 Å². The minimum absolute atomic E-state index is 0.149. The number of hydrogen-bond acceptors (Lipinski definition) is 6. The van der Waals surface area contributed by atoms with E-state index in [1.165, 1.54) is 0 Å². The molecule has 4 unspecified atom stereocenters. The summed E-state index contributed by atoms with van der Waals surface area (Å²) in [6.07, 6.45) is -1.65. The van der Waals surface area contributed by atoms with E-state index in [0.29, 0.717) is 13.2 Å². The van der Waals surface area contributed by atoms with Gasteiger partial charge in [-0.15, -0.1) is 23.2 Å². The van der Waals surface area contributed by atoms with Crippen molar-refractivity contribution in [3.05, 3.63) is 59.7 Å². The molecule has 0 aliphatic carbocycles. The van der Waals surface area contributed by atoms with Crippen LogP contribution in [0.5, 0.6) is 11.5 Å². The molecule has 4 atom stereocenters. The fourth-order valence-corrected chi connectivity index (χ4v) is 3.44. The van der Waals surface area contributed by atoms with Crippen molar-refractivity contribution in [2.45, 2.75) is 57.5 Å². The molecule has 196 valence electrons. The van der Waals surface area contributed by atoms with E-state index in [-0.39, 0.29) is 42.6 Å². The second-order valence-electron chi connectivity index (χ2n) is 9.20. The number of halogens is 2. The summed E-state index contributed by atoms with van der Waals surface area (Å²) in [4.78, 5) is 0. The molecule has 0 amide bonds. The summed E-state index contributed by atoms with van der Waals surface area (Å²) in [7, 11) is 0. The molecule has 6 nitrogen and oxygen atoms in total. The van der Waals surface area contributed by atoms with Crippen molar-refractivity contribution in [2.24, 2.45) is 0 Å². The topological polar surface area (TPSA) is 77.4 Å². The van der Waals surface area contributed by atoms with E-state index in [9.17, 15) is 10.2 Å². The van der Waals surface area contributed by atoms with Crippen LogP contribution >= 0.6 is 23.2 Å². The Balaban J connectivity index is 1.87. The highest BCUT2D eigenvalue weighted by atomic mass is 35.5. The van der Waals surface area contributed by atoms with Crippen LogP contribution in [-0.2, 0) is 14.9 Å². The maximum Gasteiger partial charge on any atom is 0.119 e. The molecule has 2 aromatic rings. The normalized spacial score (nSPS) is 15.3. The van der Waals surface area contributed by atoms with Crippen LogP contribution in [0, 0.1) is 0 Å². The first-order valence-corrected chi connectivity index (χ1v) is 12.9. The van der Waals surface area contributed by atoms with Gasteiger partial charge in [0.25, 0.3) is 0 Å². The van der Waals surface area contributed by atoms with Crippen molar-refractivity contribution in [1.29, 1.82) is 0 Å². The molecule has 0 radical (unpaired) electrons. The molecule has 35 heavy (non-hydrogen) atoms. The third-order valence-corrected chi connectivity index (χ3v) is 6.34. The van der Waals surface area contributed by atoms with Gasteiger partial charge in [0.15, 0.2) is 0 Å². The lowest BCUT2D eigenvalue weighted by Crippen LogP contribution is -2.25. The van der Waals surface area contributed by atoms with Crippen molar-refractivity contribution >= 4 is 23.2 Å². The van der Waals surface area contributed by atoms with Crippen LogP contribution in [0.2, 0.25) is 0 Å². The van der Waals surface area contributed by atoms with E-state index < -0.39 is 12.2 Å². The molecule has 0 bridgehead atoms. The van der Waals surface area contributed by atoms with Crippen LogP contribution in [0.1, 0.15) is 38.8 Å². The Morgan fingerprint density at radius 3 is 1.31 bits per heavy atom. The van der Waals surface area contributed by atoms with Crippen LogP contribution in [0.4, 0.5) is 0 Å². The first-order chi connectivity index (χ1) is 16.6. The van der Waals surface area contributed by atoms with Gasteiger partial charge in [0.05, 0.1) is 49.4 Å². The van der Waals surface area contributed by atoms with Crippen molar-refractivity contribution in [1.82, 2.24) is 0 Å². The summed E-state index contributed by atoms with van der Waals surface area (Å²) in [5, 5.41) is 19.0.